The quantitative estimate of drug-likeness (QED) is 0.404. The number of methoxy groups -OCH3 is 1. The summed E-state index contributed by atoms with van der Waals surface area (Å²) in [6.45, 7) is 0. The highest BCUT2D eigenvalue weighted by Gasteiger charge is 2.26. The van der Waals surface area contributed by atoms with Crippen LogP contribution in [-0.4, -0.2) is 21.6 Å². The highest BCUT2D eigenvalue weighted by molar-refractivity contribution is 7.15. The van der Waals surface area contributed by atoms with Crippen LogP contribution in [0.25, 0.3) is 5.69 Å². The first-order valence-electron chi connectivity index (χ1n) is 9.91. The molecule has 5 rings (SSSR count). The molecule has 4 aromatic rings. The van der Waals surface area contributed by atoms with Gasteiger partial charge in [0.15, 0.2) is 5.13 Å². The topological polar surface area (TPSA) is 52.0 Å². The minimum atomic E-state index is 0.379. The van der Waals surface area contributed by atoms with E-state index in [2.05, 4.69) is 40.6 Å². The van der Waals surface area contributed by atoms with Crippen molar-refractivity contribution in [2.45, 2.75) is 25.2 Å². The Labute approximate surface area is 184 Å². The smallest absolute Gasteiger partial charge is 0.187 e. The molecule has 5 nitrogen and oxygen atoms in total. The second-order valence-electron chi connectivity index (χ2n) is 7.30. The van der Waals surface area contributed by atoms with Crippen LogP contribution < -0.4 is 10.1 Å². The number of nitrogens with one attached hydrogen (secondary N) is 1. The molecule has 0 unspecified atom stereocenters. The zero-order valence-electron chi connectivity index (χ0n) is 16.5. The van der Waals surface area contributed by atoms with Gasteiger partial charge in [0.1, 0.15) is 17.2 Å². The Hall–Kier alpha value is -2.83. The van der Waals surface area contributed by atoms with Crippen molar-refractivity contribution in [1.82, 2.24) is 14.5 Å². The van der Waals surface area contributed by atoms with E-state index in [1.807, 2.05) is 22.8 Å². The largest absolute Gasteiger partial charge is 0.494 e. The van der Waals surface area contributed by atoms with Gasteiger partial charge in [0, 0.05) is 28.7 Å². The van der Waals surface area contributed by atoms with Gasteiger partial charge in [-0.05, 0) is 37.0 Å². The van der Waals surface area contributed by atoms with Crippen molar-refractivity contribution in [3.8, 4) is 11.4 Å². The minimum absolute atomic E-state index is 0.379. The van der Waals surface area contributed by atoms with Crippen molar-refractivity contribution in [3.63, 3.8) is 0 Å². The lowest BCUT2D eigenvalue weighted by molar-refractivity contribution is 0.413. The first-order chi connectivity index (χ1) is 14.7. The number of halogens is 1. The van der Waals surface area contributed by atoms with E-state index in [0.717, 1.165) is 35.1 Å². The van der Waals surface area contributed by atoms with Crippen molar-refractivity contribution >= 4 is 33.8 Å². The molecular weight excluding hydrogens is 416 g/mol. The third-order valence-corrected chi connectivity index (χ3v) is 6.66. The molecule has 1 aliphatic carbocycles. The van der Waals surface area contributed by atoms with Crippen LogP contribution in [0.1, 0.15) is 34.9 Å². The van der Waals surface area contributed by atoms with Crippen LogP contribution in [0, 0.1) is 0 Å². The molecule has 1 aliphatic rings. The molecule has 0 saturated heterocycles. The number of fused-ring (bicyclic) bond motifs is 1. The maximum Gasteiger partial charge on any atom is 0.187 e. The Kier molecular flexibility index (Phi) is 5.19. The Morgan fingerprint density at radius 1 is 1.20 bits per heavy atom. The van der Waals surface area contributed by atoms with Gasteiger partial charge < -0.3 is 14.6 Å². The number of nitrogens with zero attached hydrogens (tertiary/aromatic N) is 3. The fraction of sp³-hybridized carbons (Fsp3) is 0.217. The third kappa shape index (κ3) is 3.68. The summed E-state index contributed by atoms with van der Waals surface area (Å²) in [6.07, 6.45) is 6.87. The van der Waals surface area contributed by atoms with Crippen molar-refractivity contribution in [2.24, 2.45) is 0 Å². The number of thiazole rings is 1. The molecule has 152 valence electrons. The van der Waals surface area contributed by atoms with Gasteiger partial charge in [-0.1, -0.05) is 41.9 Å². The number of benzene rings is 2. The Morgan fingerprint density at radius 2 is 2.07 bits per heavy atom. The second kappa shape index (κ2) is 8.13. The molecule has 0 aliphatic heterocycles. The van der Waals surface area contributed by atoms with E-state index >= 15 is 0 Å². The number of ether oxygens (including phenoxy) is 1. The molecule has 30 heavy (non-hydrogen) atoms. The van der Waals surface area contributed by atoms with Crippen LogP contribution in [0.2, 0.25) is 5.15 Å². The first kappa shape index (κ1) is 19.2. The normalized spacial score (nSPS) is 15.6. The van der Waals surface area contributed by atoms with E-state index in [4.69, 9.17) is 21.3 Å². The van der Waals surface area contributed by atoms with Crippen molar-refractivity contribution in [1.29, 1.82) is 0 Å². The molecule has 0 bridgehead atoms. The van der Waals surface area contributed by atoms with E-state index < -0.39 is 0 Å². The van der Waals surface area contributed by atoms with E-state index in [1.54, 1.807) is 31.0 Å². The number of rotatable bonds is 5. The zero-order chi connectivity index (χ0) is 20.5. The summed E-state index contributed by atoms with van der Waals surface area (Å²) in [5, 5.41) is 4.83. The molecule has 7 heteroatoms. The molecule has 0 spiro atoms. The first-order valence-corrected chi connectivity index (χ1v) is 11.1. The van der Waals surface area contributed by atoms with Crippen molar-refractivity contribution in [3.05, 3.63) is 82.3 Å². The van der Waals surface area contributed by atoms with Crippen LogP contribution in [0.4, 0.5) is 10.8 Å². The SMILES string of the molecule is COc1cc(Nc2nc3c(s2)CCC[C@@H]3c2ccccc2)ccc1-n1cnc(Cl)c1. The summed E-state index contributed by atoms with van der Waals surface area (Å²) >= 11 is 7.71. The number of aromatic nitrogens is 3. The number of hydrogen-bond donors (Lipinski definition) is 1. The Bertz CT molecular complexity index is 1170. The molecule has 0 radical (unpaired) electrons. The average Bonchev–Trinajstić information content (AvgIpc) is 3.39. The molecule has 0 amide bonds. The lowest BCUT2D eigenvalue weighted by Gasteiger charge is -2.21. The van der Waals surface area contributed by atoms with Crippen LogP contribution in [0.15, 0.2) is 61.1 Å². The van der Waals surface area contributed by atoms with Gasteiger partial charge in [-0.3, -0.25) is 0 Å². The van der Waals surface area contributed by atoms with Crippen LogP contribution >= 0.6 is 22.9 Å². The van der Waals surface area contributed by atoms with Crippen LogP contribution in [0.5, 0.6) is 5.75 Å². The van der Waals surface area contributed by atoms with Gasteiger partial charge in [-0.2, -0.15) is 0 Å². The summed E-state index contributed by atoms with van der Waals surface area (Å²) in [6, 6.07) is 16.7. The third-order valence-electron chi connectivity index (χ3n) is 5.42. The number of hydrogen-bond acceptors (Lipinski definition) is 5. The number of imidazole rings is 1. The number of anilines is 2. The lowest BCUT2D eigenvalue weighted by Crippen LogP contribution is -2.09. The van der Waals surface area contributed by atoms with Gasteiger partial charge in [0.2, 0.25) is 0 Å². The molecule has 0 saturated carbocycles. The van der Waals surface area contributed by atoms with E-state index in [-0.39, 0.29) is 0 Å². The monoisotopic (exact) mass is 436 g/mol. The summed E-state index contributed by atoms with van der Waals surface area (Å²) in [4.78, 5) is 10.4. The summed E-state index contributed by atoms with van der Waals surface area (Å²) < 4.78 is 7.44. The fourth-order valence-corrected chi connectivity index (χ4v) is 5.24. The predicted molar refractivity (Wildman–Crippen MR) is 122 cm³/mol. The minimum Gasteiger partial charge on any atom is -0.494 e. The fourth-order valence-electron chi connectivity index (χ4n) is 4.00. The molecule has 1 N–H and O–H groups in total. The van der Waals surface area contributed by atoms with Crippen molar-refractivity contribution in [2.75, 3.05) is 12.4 Å². The van der Waals surface area contributed by atoms with E-state index in [9.17, 15) is 0 Å². The molecule has 2 heterocycles. The van der Waals surface area contributed by atoms with Gasteiger partial charge in [0.25, 0.3) is 0 Å². The molecule has 1 atom stereocenters. The standard InChI is InChI=1S/C23H21ClN4OS/c1-29-19-12-16(10-11-18(19)28-13-21(24)25-14-28)26-23-27-22-17(8-5-9-20(22)30-23)15-6-3-2-4-7-15/h2-4,6-7,10-14,17H,5,8-9H2,1H3,(H,26,27)/t17-/m1/s1. The van der Waals surface area contributed by atoms with E-state index in [0.29, 0.717) is 11.1 Å². The summed E-state index contributed by atoms with van der Waals surface area (Å²) in [7, 11) is 1.66. The highest BCUT2D eigenvalue weighted by Crippen LogP contribution is 2.41. The van der Waals surface area contributed by atoms with Gasteiger partial charge in [0.05, 0.1) is 18.5 Å². The maximum atomic E-state index is 5.96. The maximum absolute atomic E-state index is 5.96. The number of aryl methyl sites for hydroxylation is 1. The van der Waals surface area contributed by atoms with E-state index in [1.165, 1.54) is 22.6 Å². The van der Waals surface area contributed by atoms with Crippen LogP contribution in [-0.2, 0) is 6.42 Å². The van der Waals surface area contributed by atoms with Gasteiger partial charge in [-0.25, -0.2) is 9.97 Å². The second-order valence-corrected chi connectivity index (χ2v) is 8.77. The van der Waals surface area contributed by atoms with Crippen molar-refractivity contribution < 1.29 is 4.74 Å². The molecule has 2 aromatic heterocycles. The lowest BCUT2D eigenvalue weighted by atomic mass is 9.85. The summed E-state index contributed by atoms with van der Waals surface area (Å²) in [5.74, 6) is 1.11. The van der Waals surface area contributed by atoms with Gasteiger partial charge in [-0.15, -0.1) is 11.3 Å². The molecule has 0 fully saturated rings. The molecular formula is C23H21ClN4OS. The highest BCUT2D eigenvalue weighted by atomic mass is 35.5. The van der Waals surface area contributed by atoms with Gasteiger partial charge >= 0.3 is 0 Å². The Morgan fingerprint density at radius 3 is 2.83 bits per heavy atom. The zero-order valence-corrected chi connectivity index (χ0v) is 18.1. The average molecular weight is 437 g/mol. The Balaban J connectivity index is 1.42. The van der Waals surface area contributed by atoms with Crippen LogP contribution in [0.3, 0.4) is 0 Å². The predicted octanol–water partition coefficient (Wildman–Crippen LogP) is 6.20. The molecule has 2 aromatic carbocycles. The summed E-state index contributed by atoms with van der Waals surface area (Å²) in [5.41, 5.74) is 4.38.